The second-order valence-electron chi connectivity index (χ2n) is 7.57. The molecule has 4 rings (SSSR count). The summed E-state index contributed by atoms with van der Waals surface area (Å²) in [4.78, 5) is 17.4. The van der Waals surface area contributed by atoms with Gasteiger partial charge in [-0.05, 0) is 68.4 Å². The molecule has 1 N–H and O–H groups in total. The molecule has 1 saturated heterocycles. The van der Waals surface area contributed by atoms with Crippen molar-refractivity contribution in [2.45, 2.75) is 13.8 Å². The van der Waals surface area contributed by atoms with Crippen LogP contribution in [0, 0.1) is 25.2 Å². The second kappa shape index (κ2) is 7.96. The molecule has 0 spiro atoms. The predicted molar refractivity (Wildman–Crippen MR) is 116 cm³/mol. The molecule has 1 aromatic heterocycles. The van der Waals surface area contributed by atoms with Gasteiger partial charge in [-0.15, -0.1) is 0 Å². The van der Waals surface area contributed by atoms with Gasteiger partial charge in [-0.3, -0.25) is 4.79 Å². The Bertz CT molecular complexity index is 1100. The van der Waals surface area contributed by atoms with E-state index in [0.717, 1.165) is 41.4 Å². The number of carbonyl (C=O) groups excluding carboxylic acids is 1. The van der Waals surface area contributed by atoms with E-state index in [1.54, 1.807) is 24.3 Å². The van der Waals surface area contributed by atoms with Crippen molar-refractivity contribution in [3.8, 4) is 17.5 Å². The summed E-state index contributed by atoms with van der Waals surface area (Å²) in [5.74, 6) is 0.304. The molecule has 0 atom stereocenters. The summed E-state index contributed by atoms with van der Waals surface area (Å²) in [6.07, 6.45) is 0. The van der Waals surface area contributed by atoms with Gasteiger partial charge in [-0.1, -0.05) is 0 Å². The maximum atomic E-state index is 13.2. The van der Waals surface area contributed by atoms with Crippen LogP contribution in [-0.4, -0.2) is 46.7 Å². The third-order valence-electron chi connectivity index (χ3n) is 5.70. The molecule has 2 aromatic carbocycles. The zero-order chi connectivity index (χ0) is 21.3. The molecule has 1 aliphatic rings. The molecule has 3 aromatic rings. The number of aromatic nitrogens is 1. The molecule has 1 aliphatic heterocycles. The maximum absolute atomic E-state index is 13.2. The molecule has 6 nitrogen and oxygen atoms in total. The third-order valence-corrected chi connectivity index (χ3v) is 5.70. The number of anilines is 1. The third kappa shape index (κ3) is 3.62. The number of hydrogen-bond donors (Lipinski definition) is 1. The number of nitrogens with zero attached hydrogens (tertiary/aromatic N) is 4. The van der Waals surface area contributed by atoms with Gasteiger partial charge in [0.15, 0.2) is 0 Å². The number of amides is 1. The molecule has 2 heterocycles. The van der Waals surface area contributed by atoms with E-state index in [2.05, 4.69) is 15.5 Å². The fourth-order valence-corrected chi connectivity index (χ4v) is 4.06. The van der Waals surface area contributed by atoms with Crippen LogP contribution in [0.4, 0.5) is 5.69 Å². The average molecular weight is 400 g/mol. The standard InChI is InChI=1S/C24H24N4O2/c1-17-15-23(18(2)28(17)21-5-3-19(16-25)4-6-21)24(30)27-13-11-26(12-14-27)20-7-9-22(29)10-8-20/h3-10,15,29H,11-14H2,1-2H3. The minimum atomic E-state index is 0.0494. The normalized spacial score (nSPS) is 13.9. The van der Waals surface area contributed by atoms with Crippen LogP contribution in [0.5, 0.6) is 5.75 Å². The number of phenols is 1. The van der Waals surface area contributed by atoms with E-state index in [-0.39, 0.29) is 11.7 Å². The highest BCUT2D eigenvalue weighted by Gasteiger charge is 2.25. The van der Waals surface area contributed by atoms with Gasteiger partial charge < -0.3 is 19.5 Å². The molecule has 30 heavy (non-hydrogen) atoms. The summed E-state index contributed by atoms with van der Waals surface area (Å²) < 4.78 is 2.06. The first-order chi connectivity index (χ1) is 14.5. The first-order valence-electron chi connectivity index (χ1n) is 10.0. The molecule has 152 valence electrons. The average Bonchev–Trinajstić information content (AvgIpc) is 3.08. The SMILES string of the molecule is Cc1cc(C(=O)N2CCN(c3ccc(O)cc3)CC2)c(C)n1-c1ccc(C#N)cc1. The highest BCUT2D eigenvalue weighted by molar-refractivity contribution is 5.96. The van der Waals surface area contributed by atoms with Gasteiger partial charge in [-0.2, -0.15) is 5.26 Å². The first kappa shape index (κ1) is 19.6. The van der Waals surface area contributed by atoms with Crippen molar-refractivity contribution in [2.75, 3.05) is 31.1 Å². The monoisotopic (exact) mass is 400 g/mol. The van der Waals surface area contributed by atoms with Gasteiger partial charge in [0, 0.05) is 48.9 Å². The van der Waals surface area contributed by atoms with Crippen molar-refractivity contribution in [3.05, 3.63) is 77.1 Å². The molecule has 6 heteroatoms. The summed E-state index contributed by atoms with van der Waals surface area (Å²) in [6, 6.07) is 18.6. The van der Waals surface area contributed by atoms with Crippen LogP contribution in [0.1, 0.15) is 27.3 Å². The quantitative estimate of drug-likeness (QED) is 0.729. The van der Waals surface area contributed by atoms with Gasteiger partial charge in [0.25, 0.3) is 5.91 Å². The van der Waals surface area contributed by atoms with Crippen LogP contribution in [-0.2, 0) is 0 Å². The van der Waals surface area contributed by atoms with Crippen molar-refractivity contribution in [1.82, 2.24) is 9.47 Å². The molecule has 1 amide bonds. The van der Waals surface area contributed by atoms with E-state index in [0.29, 0.717) is 18.7 Å². The van der Waals surface area contributed by atoms with E-state index in [1.165, 1.54) is 0 Å². The lowest BCUT2D eigenvalue weighted by Gasteiger charge is -2.36. The molecule has 0 unspecified atom stereocenters. The van der Waals surface area contributed by atoms with Gasteiger partial charge in [-0.25, -0.2) is 0 Å². The summed E-state index contributed by atoms with van der Waals surface area (Å²) >= 11 is 0. The van der Waals surface area contributed by atoms with Gasteiger partial charge in [0.1, 0.15) is 5.75 Å². The molecule has 0 radical (unpaired) electrons. The Labute approximate surface area is 176 Å². The van der Waals surface area contributed by atoms with Crippen LogP contribution in [0.25, 0.3) is 5.69 Å². The Kier molecular flexibility index (Phi) is 5.20. The molecule has 0 bridgehead atoms. The molecule has 1 fully saturated rings. The zero-order valence-corrected chi connectivity index (χ0v) is 17.2. The lowest BCUT2D eigenvalue weighted by Crippen LogP contribution is -2.48. The molecule has 0 aliphatic carbocycles. The molecular formula is C24H24N4O2. The van der Waals surface area contributed by atoms with Crippen LogP contribution in [0.15, 0.2) is 54.6 Å². The number of benzene rings is 2. The minimum Gasteiger partial charge on any atom is -0.508 e. The number of nitriles is 1. The van der Waals surface area contributed by atoms with Gasteiger partial charge in [0.2, 0.25) is 0 Å². The van der Waals surface area contributed by atoms with E-state index in [9.17, 15) is 9.90 Å². The maximum Gasteiger partial charge on any atom is 0.255 e. The fourth-order valence-electron chi connectivity index (χ4n) is 4.06. The second-order valence-corrected chi connectivity index (χ2v) is 7.57. The Hall–Kier alpha value is -3.72. The Morgan fingerprint density at radius 1 is 0.933 bits per heavy atom. The van der Waals surface area contributed by atoms with Gasteiger partial charge in [0.05, 0.1) is 17.2 Å². The number of piperazine rings is 1. The molecule has 0 saturated carbocycles. The summed E-state index contributed by atoms with van der Waals surface area (Å²) in [5.41, 5.74) is 5.23. The van der Waals surface area contributed by atoms with Crippen molar-refractivity contribution >= 4 is 11.6 Å². The summed E-state index contributed by atoms with van der Waals surface area (Å²) in [7, 11) is 0. The minimum absolute atomic E-state index is 0.0494. The largest absolute Gasteiger partial charge is 0.508 e. The highest BCUT2D eigenvalue weighted by Crippen LogP contribution is 2.24. The number of rotatable bonds is 3. The van der Waals surface area contributed by atoms with Crippen LogP contribution in [0.3, 0.4) is 0 Å². The summed E-state index contributed by atoms with van der Waals surface area (Å²) in [5, 5.41) is 18.5. The van der Waals surface area contributed by atoms with E-state index in [4.69, 9.17) is 5.26 Å². The van der Waals surface area contributed by atoms with E-state index in [1.807, 2.05) is 49.1 Å². The van der Waals surface area contributed by atoms with Crippen LogP contribution in [0.2, 0.25) is 0 Å². The van der Waals surface area contributed by atoms with Crippen molar-refractivity contribution in [2.24, 2.45) is 0 Å². The number of aryl methyl sites for hydroxylation is 1. The molecular weight excluding hydrogens is 376 g/mol. The van der Waals surface area contributed by atoms with Crippen LogP contribution >= 0.6 is 0 Å². The number of aromatic hydroxyl groups is 1. The Morgan fingerprint density at radius 2 is 1.53 bits per heavy atom. The Morgan fingerprint density at radius 3 is 2.13 bits per heavy atom. The first-order valence-corrected chi connectivity index (χ1v) is 10.0. The van der Waals surface area contributed by atoms with Crippen molar-refractivity contribution in [1.29, 1.82) is 5.26 Å². The number of phenolic OH excluding ortho intramolecular Hbond substituents is 1. The van der Waals surface area contributed by atoms with Crippen molar-refractivity contribution in [3.63, 3.8) is 0 Å². The number of carbonyl (C=O) groups is 1. The lowest BCUT2D eigenvalue weighted by atomic mass is 10.1. The van der Waals surface area contributed by atoms with E-state index < -0.39 is 0 Å². The topological polar surface area (TPSA) is 72.5 Å². The summed E-state index contributed by atoms with van der Waals surface area (Å²) in [6.45, 7) is 6.77. The van der Waals surface area contributed by atoms with Crippen molar-refractivity contribution < 1.29 is 9.90 Å². The predicted octanol–water partition coefficient (Wildman–Crippen LogP) is 3.63. The fraction of sp³-hybridized carbons (Fsp3) is 0.250. The van der Waals surface area contributed by atoms with E-state index >= 15 is 0 Å². The number of hydrogen-bond acceptors (Lipinski definition) is 4. The highest BCUT2D eigenvalue weighted by atomic mass is 16.3. The Balaban J connectivity index is 1.50. The smallest absolute Gasteiger partial charge is 0.255 e. The van der Waals surface area contributed by atoms with Crippen LogP contribution < -0.4 is 4.90 Å². The van der Waals surface area contributed by atoms with Gasteiger partial charge >= 0.3 is 0 Å². The lowest BCUT2D eigenvalue weighted by molar-refractivity contribution is 0.0746. The zero-order valence-electron chi connectivity index (χ0n) is 17.2.